The first-order chi connectivity index (χ1) is 12.7. The molecule has 1 amide bonds. The number of anilines is 1. The highest BCUT2D eigenvalue weighted by Crippen LogP contribution is 2.45. The summed E-state index contributed by atoms with van der Waals surface area (Å²) in [5, 5.41) is 11.9. The van der Waals surface area contributed by atoms with Crippen LogP contribution in [0, 0.1) is 0 Å². The number of rotatable bonds is 2. The number of aromatic amines is 1. The molecule has 5 heteroatoms. The molecule has 0 radical (unpaired) electrons. The molecule has 26 heavy (non-hydrogen) atoms. The fourth-order valence-corrected chi connectivity index (χ4v) is 3.68. The second-order valence-corrected chi connectivity index (χ2v) is 6.33. The summed E-state index contributed by atoms with van der Waals surface area (Å²) in [7, 11) is 0. The van der Waals surface area contributed by atoms with Crippen molar-refractivity contribution in [3.8, 4) is 0 Å². The summed E-state index contributed by atoms with van der Waals surface area (Å²) < 4.78 is 0. The standard InChI is InChI=1S/C21H15N3O2/c25-20-16-8-4-5-9-17(16)21(26,24(20)15-6-2-1-3-7-15)14-10-11-18-19(12-14)23-13-22-18/h1-13,26H,(H,22,23). The average molecular weight is 341 g/mol. The lowest BCUT2D eigenvalue weighted by Crippen LogP contribution is -2.45. The molecule has 0 saturated heterocycles. The molecule has 1 atom stereocenters. The highest BCUT2D eigenvalue weighted by atomic mass is 16.3. The van der Waals surface area contributed by atoms with Crippen molar-refractivity contribution in [1.29, 1.82) is 0 Å². The van der Waals surface area contributed by atoms with Crippen molar-refractivity contribution >= 4 is 22.6 Å². The number of carbonyl (C=O) groups is 1. The van der Waals surface area contributed by atoms with Crippen molar-refractivity contribution in [2.75, 3.05) is 4.90 Å². The normalized spacial score (nSPS) is 19.1. The lowest BCUT2D eigenvalue weighted by Gasteiger charge is -2.34. The maximum atomic E-state index is 13.1. The summed E-state index contributed by atoms with van der Waals surface area (Å²) in [6.07, 6.45) is 1.61. The van der Waals surface area contributed by atoms with E-state index in [0.29, 0.717) is 22.4 Å². The van der Waals surface area contributed by atoms with E-state index >= 15 is 0 Å². The van der Waals surface area contributed by atoms with Gasteiger partial charge >= 0.3 is 0 Å². The second-order valence-electron chi connectivity index (χ2n) is 6.33. The van der Waals surface area contributed by atoms with Crippen molar-refractivity contribution < 1.29 is 9.90 Å². The summed E-state index contributed by atoms with van der Waals surface area (Å²) in [6, 6.07) is 21.9. The zero-order chi connectivity index (χ0) is 17.7. The van der Waals surface area contributed by atoms with E-state index in [1.807, 2.05) is 60.7 Å². The molecule has 126 valence electrons. The van der Waals surface area contributed by atoms with Crippen LogP contribution in [0.4, 0.5) is 5.69 Å². The number of aromatic nitrogens is 2. The summed E-state index contributed by atoms with van der Waals surface area (Å²) in [5.74, 6) is -0.223. The molecule has 1 aliphatic heterocycles. The van der Waals surface area contributed by atoms with E-state index in [2.05, 4.69) is 9.97 Å². The fraction of sp³-hybridized carbons (Fsp3) is 0.0476. The van der Waals surface area contributed by atoms with Gasteiger partial charge in [0.2, 0.25) is 0 Å². The van der Waals surface area contributed by atoms with E-state index in [1.165, 1.54) is 4.90 Å². The summed E-state index contributed by atoms with van der Waals surface area (Å²) in [4.78, 5) is 21.9. The largest absolute Gasteiger partial charge is 0.363 e. The number of hydrogen-bond donors (Lipinski definition) is 2. The van der Waals surface area contributed by atoms with Crippen LogP contribution in [-0.4, -0.2) is 21.0 Å². The Balaban J connectivity index is 1.80. The zero-order valence-electron chi connectivity index (χ0n) is 13.8. The van der Waals surface area contributed by atoms with E-state index in [0.717, 1.165) is 11.0 Å². The fourth-order valence-electron chi connectivity index (χ4n) is 3.68. The summed E-state index contributed by atoms with van der Waals surface area (Å²) in [5.41, 5.74) is 2.35. The molecule has 0 fully saturated rings. The van der Waals surface area contributed by atoms with Crippen molar-refractivity contribution in [3.05, 3.63) is 95.8 Å². The van der Waals surface area contributed by atoms with Crippen LogP contribution in [-0.2, 0) is 5.72 Å². The molecular weight excluding hydrogens is 326 g/mol. The van der Waals surface area contributed by atoms with E-state index in [9.17, 15) is 9.90 Å². The predicted molar refractivity (Wildman–Crippen MR) is 98.8 cm³/mol. The Hall–Kier alpha value is -3.44. The number of imidazole rings is 1. The van der Waals surface area contributed by atoms with Gasteiger partial charge in [-0.05, 0) is 30.3 Å². The molecule has 2 N–H and O–H groups in total. The molecule has 1 unspecified atom stereocenters. The van der Waals surface area contributed by atoms with Crippen LogP contribution >= 0.6 is 0 Å². The molecular formula is C21H15N3O2. The smallest absolute Gasteiger partial charge is 0.261 e. The maximum Gasteiger partial charge on any atom is 0.261 e. The number of hydrogen-bond acceptors (Lipinski definition) is 3. The number of benzene rings is 3. The second kappa shape index (κ2) is 5.28. The summed E-state index contributed by atoms with van der Waals surface area (Å²) in [6.45, 7) is 0. The van der Waals surface area contributed by atoms with Gasteiger partial charge in [-0.2, -0.15) is 0 Å². The molecule has 2 heterocycles. The van der Waals surface area contributed by atoms with E-state index in [-0.39, 0.29) is 5.91 Å². The van der Waals surface area contributed by atoms with Gasteiger partial charge < -0.3 is 10.1 Å². The first kappa shape index (κ1) is 14.9. The Morgan fingerprint density at radius 3 is 2.58 bits per heavy atom. The quantitative estimate of drug-likeness (QED) is 0.587. The third-order valence-electron chi connectivity index (χ3n) is 4.90. The lowest BCUT2D eigenvalue weighted by atomic mass is 9.93. The van der Waals surface area contributed by atoms with Gasteiger partial charge in [0.05, 0.1) is 17.4 Å². The number of nitrogens with one attached hydrogen (secondary N) is 1. The Labute approximate surface area is 149 Å². The topological polar surface area (TPSA) is 69.2 Å². The Bertz CT molecular complexity index is 1140. The minimum Gasteiger partial charge on any atom is -0.363 e. The Morgan fingerprint density at radius 1 is 0.962 bits per heavy atom. The van der Waals surface area contributed by atoms with Gasteiger partial charge in [-0.15, -0.1) is 0 Å². The van der Waals surface area contributed by atoms with E-state index in [4.69, 9.17) is 0 Å². The average Bonchev–Trinajstić information content (AvgIpc) is 3.24. The van der Waals surface area contributed by atoms with Gasteiger partial charge in [-0.3, -0.25) is 9.69 Å². The molecule has 1 aromatic heterocycles. The first-order valence-electron chi connectivity index (χ1n) is 8.35. The lowest BCUT2D eigenvalue weighted by molar-refractivity contribution is 0.0704. The molecule has 0 bridgehead atoms. The maximum absolute atomic E-state index is 13.1. The molecule has 5 nitrogen and oxygen atoms in total. The molecule has 5 rings (SSSR count). The highest BCUT2D eigenvalue weighted by Gasteiger charge is 2.50. The van der Waals surface area contributed by atoms with Crippen LogP contribution in [0.2, 0.25) is 0 Å². The minimum atomic E-state index is -1.59. The van der Waals surface area contributed by atoms with Gasteiger partial charge in [-0.25, -0.2) is 4.98 Å². The van der Waals surface area contributed by atoms with E-state index < -0.39 is 5.72 Å². The van der Waals surface area contributed by atoms with Crippen molar-refractivity contribution in [3.63, 3.8) is 0 Å². The van der Waals surface area contributed by atoms with Gasteiger partial charge in [0.15, 0.2) is 5.72 Å². The SMILES string of the molecule is O=C1c2ccccc2C(O)(c2ccc3nc[nH]c3c2)N1c1ccccc1. The van der Waals surface area contributed by atoms with Crippen LogP contribution < -0.4 is 4.90 Å². The first-order valence-corrected chi connectivity index (χ1v) is 8.35. The number of aliphatic hydroxyl groups is 1. The number of para-hydroxylation sites is 1. The summed E-state index contributed by atoms with van der Waals surface area (Å²) >= 11 is 0. The number of amides is 1. The Morgan fingerprint density at radius 2 is 1.73 bits per heavy atom. The zero-order valence-corrected chi connectivity index (χ0v) is 13.8. The van der Waals surface area contributed by atoms with Crippen LogP contribution in [0.15, 0.2) is 79.1 Å². The number of carbonyl (C=O) groups excluding carboxylic acids is 1. The minimum absolute atomic E-state index is 0.223. The van der Waals surface area contributed by atoms with Gasteiger partial charge in [0.25, 0.3) is 5.91 Å². The van der Waals surface area contributed by atoms with Crippen LogP contribution in [0.25, 0.3) is 11.0 Å². The molecule has 0 aliphatic carbocycles. The third-order valence-corrected chi connectivity index (χ3v) is 4.90. The molecule has 0 spiro atoms. The monoisotopic (exact) mass is 341 g/mol. The third kappa shape index (κ3) is 1.89. The van der Waals surface area contributed by atoms with Gasteiger partial charge in [0, 0.05) is 22.4 Å². The van der Waals surface area contributed by atoms with Crippen LogP contribution in [0.3, 0.4) is 0 Å². The van der Waals surface area contributed by atoms with Gasteiger partial charge in [0.1, 0.15) is 0 Å². The van der Waals surface area contributed by atoms with Crippen molar-refractivity contribution in [2.24, 2.45) is 0 Å². The molecule has 0 saturated carbocycles. The molecule has 1 aliphatic rings. The van der Waals surface area contributed by atoms with Crippen LogP contribution in [0.5, 0.6) is 0 Å². The molecule has 3 aromatic carbocycles. The number of nitrogens with zero attached hydrogens (tertiary/aromatic N) is 2. The highest BCUT2D eigenvalue weighted by molar-refractivity contribution is 6.12. The van der Waals surface area contributed by atoms with E-state index in [1.54, 1.807) is 18.5 Å². The van der Waals surface area contributed by atoms with Crippen LogP contribution in [0.1, 0.15) is 21.5 Å². The van der Waals surface area contributed by atoms with Crippen molar-refractivity contribution in [1.82, 2.24) is 9.97 Å². The number of H-pyrrole nitrogens is 1. The number of fused-ring (bicyclic) bond motifs is 2. The molecule has 4 aromatic rings. The van der Waals surface area contributed by atoms with Gasteiger partial charge in [-0.1, -0.05) is 42.5 Å². The van der Waals surface area contributed by atoms with Crippen molar-refractivity contribution in [2.45, 2.75) is 5.72 Å². The Kier molecular flexibility index (Phi) is 3.02. The predicted octanol–water partition coefficient (Wildman–Crippen LogP) is 3.42.